The Labute approximate surface area is 165 Å². The number of carbonyl (C=O) groups is 1. The Morgan fingerprint density at radius 2 is 1.96 bits per heavy atom. The molecule has 2 N–H and O–H groups in total. The lowest BCUT2D eigenvalue weighted by Gasteiger charge is -2.33. The molecule has 0 bridgehead atoms. The van der Waals surface area contributed by atoms with Crippen LogP contribution in [0, 0.1) is 18.3 Å². The molecule has 146 valence electrons. The molecule has 0 spiro atoms. The number of nitrogens with zero attached hydrogens (tertiary/aromatic N) is 4. The maximum atomic E-state index is 12.8. The average molecular weight is 378 g/mol. The molecule has 0 aliphatic heterocycles. The summed E-state index contributed by atoms with van der Waals surface area (Å²) < 4.78 is 0. The fourth-order valence-electron chi connectivity index (χ4n) is 3.51. The maximum Gasteiger partial charge on any atom is 0.270 e. The Kier molecular flexibility index (Phi) is 6.09. The highest BCUT2D eigenvalue weighted by Gasteiger charge is 2.28. The first-order valence-electron chi connectivity index (χ1n) is 9.55. The van der Waals surface area contributed by atoms with Gasteiger partial charge in [0.2, 0.25) is 0 Å². The topological polar surface area (TPSA) is 93.9 Å². The number of nitriles is 1. The maximum absolute atomic E-state index is 12.8. The average Bonchev–Trinajstić information content (AvgIpc) is 2.69. The van der Waals surface area contributed by atoms with Crippen LogP contribution in [0.1, 0.15) is 47.4 Å². The Hall–Kier alpha value is -3.14. The van der Waals surface area contributed by atoms with Gasteiger partial charge in [-0.3, -0.25) is 14.8 Å². The fourth-order valence-corrected chi connectivity index (χ4v) is 3.51. The Morgan fingerprint density at radius 1 is 1.21 bits per heavy atom. The number of nitrogens with one attached hydrogen (secondary N) is 2. The zero-order valence-corrected chi connectivity index (χ0v) is 16.6. The van der Waals surface area contributed by atoms with Crippen molar-refractivity contribution < 1.29 is 4.79 Å². The minimum Gasteiger partial charge on any atom is -0.379 e. The van der Waals surface area contributed by atoms with Crippen LogP contribution in [0.3, 0.4) is 0 Å². The first kappa shape index (κ1) is 19.6. The number of hydrogen-bond donors (Lipinski definition) is 2. The number of amides is 1. The van der Waals surface area contributed by atoms with E-state index in [2.05, 4.69) is 26.7 Å². The summed E-state index contributed by atoms with van der Waals surface area (Å²) in [5.74, 6) is -0.172. The molecule has 1 amide bonds. The minimum atomic E-state index is -0.172. The van der Waals surface area contributed by atoms with Crippen molar-refractivity contribution in [3.63, 3.8) is 0 Å². The van der Waals surface area contributed by atoms with Crippen LogP contribution in [-0.4, -0.2) is 42.1 Å². The molecule has 1 aliphatic carbocycles. The van der Waals surface area contributed by atoms with E-state index in [1.54, 1.807) is 18.5 Å². The Morgan fingerprint density at radius 3 is 2.68 bits per heavy atom. The quantitative estimate of drug-likeness (QED) is 0.831. The second kappa shape index (κ2) is 8.70. The number of aryl methyl sites for hydroxylation is 1. The summed E-state index contributed by atoms with van der Waals surface area (Å²) in [5, 5.41) is 16.0. The molecule has 2 heterocycles. The zero-order chi connectivity index (χ0) is 20.1. The highest BCUT2D eigenvalue weighted by Crippen LogP contribution is 2.25. The van der Waals surface area contributed by atoms with Crippen LogP contribution in [0.15, 0.2) is 30.6 Å². The molecule has 7 nitrogen and oxygen atoms in total. The van der Waals surface area contributed by atoms with Gasteiger partial charge in [0, 0.05) is 50.0 Å². The molecular weight excluding hydrogens is 352 g/mol. The molecule has 1 aliphatic rings. The number of pyridine rings is 2. The van der Waals surface area contributed by atoms with Gasteiger partial charge in [-0.25, -0.2) is 0 Å². The molecule has 3 rings (SSSR count). The van der Waals surface area contributed by atoms with Crippen LogP contribution in [-0.2, 0) is 0 Å². The summed E-state index contributed by atoms with van der Waals surface area (Å²) in [6.45, 7) is 1.90. The van der Waals surface area contributed by atoms with Crippen molar-refractivity contribution in [3.8, 4) is 6.07 Å². The van der Waals surface area contributed by atoms with E-state index >= 15 is 0 Å². The highest BCUT2D eigenvalue weighted by molar-refractivity contribution is 5.93. The molecule has 28 heavy (non-hydrogen) atoms. The highest BCUT2D eigenvalue weighted by atomic mass is 16.1. The second-order valence-corrected chi connectivity index (χ2v) is 7.39. The third kappa shape index (κ3) is 4.58. The molecule has 7 heteroatoms. The molecule has 0 saturated heterocycles. The summed E-state index contributed by atoms with van der Waals surface area (Å²) in [4.78, 5) is 23.1. The lowest BCUT2D eigenvalue weighted by molar-refractivity contribution is 0.0918. The van der Waals surface area contributed by atoms with E-state index < -0.39 is 0 Å². The molecule has 1 saturated carbocycles. The van der Waals surface area contributed by atoms with Gasteiger partial charge in [0.05, 0.1) is 11.3 Å². The van der Waals surface area contributed by atoms with Crippen molar-refractivity contribution in [2.45, 2.75) is 44.7 Å². The summed E-state index contributed by atoms with van der Waals surface area (Å²) in [7, 11) is 3.86. The zero-order valence-electron chi connectivity index (χ0n) is 16.6. The van der Waals surface area contributed by atoms with Crippen LogP contribution in [0.4, 0.5) is 11.4 Å². The molecule has 2 aromatic rings. The van der Waals surface area contributed by atoms with Crippen LogP contribution >= 0.6 is 0 Å². The molecule has 0 unspecified atom stereocenters. The van der Waals surface area contributed by atoms with Gasteiger partial charge in [-0.2, -0.15) is 5.26 Å². The molecule has 0 aromatic carbocycles. The molecule has 2 atom stereocenters. The lowest BCUT2D eigenvalue weighted by atomic mass is 9.89. The Balaban J connectivity index is 1.75. The largest absolute Gasteiger partial charge is 0.379 e. The van der Waals surface area contributed by atoms with Crippen molar-refractivity contribution in [3.05, 3.63) is 47.5 Å². The van der Waals surface area contributed by atoms with Crippen molar-refractivity contribution in [2.75, 3.05) is 24.3 Å². The molecule has 2 aromatic heterocycles. The summed E-state index contributed by atoms with van der Waals surface area (Å²) in [6, 6.07) is 7.77. The van der Waals surface area contributed by atoms with Crippen LogP contribution < -0.4 is 15.5 Å². The smallest absolute Gasteiger partial charge is 0.270 e. The number of anilines is 2. The molecule has 0 radical (unpaired) electrons. The van der Waals surface area contributed by atoms with E-state index in [-0.39, 0.29) is 18.0 Å². The normalized spacial score (nSPS) is 18.8. The Bertz CT molecular complexity index is 889. The first-order valence-corrected chi connectivity index (χ1v) is 9.55. The van der Waals surface area contributed by atoms with Crippen molar-refractivity contribution in [2.24, 2.45) is 0 Å². The van der Waals surface area contributed by atoms with Crippen molar-refractivity contribution in [1.82, 2.24) is 15.3 Å². The van der Waals surface area contributed by atoms with Gasteiger partial charge >= 0.3 is 0 Å². The van der Waals surface area contributed by atoms with E-state index in [9.17, 15) is 10.1 Å². The van der Waals surface area contributed by atoms with Gasteiger partial charge in [-0.1, -0.05) is 12.8 Å². The number of carbonyl (C=O) groups excluding carboxylic acids is 1. The fraction of sp³-hybridized carbons (Fsp3) is 0.429. The van der Waals surface area contributed by atoms with E-state index in [0.29, 0.717) is 11.3 Å². The summed E-state index contributed by atoms with van der Waals surface area (Å²) in [6.07, 6.45) is 7.22. The van der Waals surface area contributed by atoms with Crippen LogP contribution in [0.25, 0.3) is 0 Å². The van der Waals surface area contributed by atoms with Gasteiger partial charge in [-0.05, 0) is 38.0 Å². The first-order chi connectivity index (χ1) is 13.5. The van der Waals surface area contributed by atoms with Crippen LogP contribution in [0.5, 0.6) is 0 Å². The molecule has 1 fully saturated rings. The van der Waals surface area contributed by atoms with Gasteiger partial charge in [-0.15, -0.1) is 0 Å². The van der Waals surface area contributed by atoms with Gasteiger partial charge < -0.3 is 15.5 Å². The van der Waals surface area contributed by atoms with Gasteiger partial charge in [0.15, 0.2) is 0 Å². The number of rotatable bonds is 5. The van der Waals surface area contributed by atoms with E-state index in [0.717, 1.165) is 42.8 Å². The molecular formula is C21H26N6O. The number of aromatic nitrogens is 2. The third-order valence-electron chi connectivity index (χ3n) is 5.08. The predicted molar refractivity (Wildman–Crippen MR) is 109 cm³/mol. The summed E-state index contributed by atoms with van der Waals surface area (Å²) in [5.41, 5.74) is 3.48. The third-order valence-corrected chi connectivity index (χ3v) is 5.08. The number of hydrogen-bond acceptors (Lipinski definition) is 6. The minimum absolute atomic E-state index is 0.0222. The SMILES string of the molecule is Cc1cc(N[C@@H]2CCCC[C@H]2NC(=O)c2cc(N(C)C)ccn2)c(C#N)cn1. The van der Waals surface area contributed by atoms with E-state index in [1.165, 1.54) is 0 Å². The predicted octanol–water partition coefficient (Wildman–Crippen LogP) is 2.88. The van der Waals surface area contributed by atoms with Gasteiger partial charge in [0.25, 0.3) is 5.91 Å². The standard InChI is InChI=1S/C21H26N6O/c1-14-10-19(15(12-22)13-24-14)25-17-6-4-5-7-18(17)26-21(28)20-11-16(27(2)3)8-9-23-20/h8-11,13,17-18H,4-7H2,1-3H3,(H,24,25)(H,26,28)/t17-,18-/m1/s1. The van der Waals surface area contributed by atoms with Crippen molar-refractivity contribution in [1.29, 1.82) is 5.26 Å². The van der Waals surface area contributed by atoms with E-state index in [1.807, 2.05) is 38.1 Å². The lowest BCUT2D eigenvalue weighted by Crippen LogP contribution is -2.48. The van der Waals surface area contributed by atoms with Gasteiger partial charge in [0.1, 0.15) is 11.8 Å². The van der Waals surface area contributed by atoms with Crippen molar-refractivity contribution >= 4 is 17.3 Å². The van der Waals surface area contributed by atoms with E-state index in [4.69, 9.17) is 0 Å². The monoisotopic (exact) mass is 378 g/mol. The van der Waals surface area contributed by atoms with Crippen LogP contribution in [0.2, 0.25) is 0 Å². The second-order valence-electron chi connectivity index (χ2n) is 7.39. The summed E-state index contributed by atoms with van der Waals surface area (Å²) >= 11 is 0.